The van der Waals surface area contributed by atoms with Crippen molar-refractivity contribution in [1.29, 1.82) is 0 Å². The number of likely N-dealkylation sites (tertiary alicyclic amines) is 1. The van der Waals surface area contributed by atoms with Crippen LogP contribution in [0.25, 0.3) is 0 Å². The van der Waals surface area contributed by atoms with Crippen LogP contribution in [0.1, 0.15) is 87.1 Å². The van der Waals surface area contributed by atoms with E-state index in [1.165, 1.54) is 6.42 Å². The first-order valence-electron chi connectivity index (χ1n) is 10.8. The number of aromatic amines is 1. The molecule has 1 saturated heterocycles. The van der Waals surface area contributed by atoms with Crippen molar-refractivity contribution in [3.8, 4) is 0 Å². The average Bonchev–Trinajstić information content (AvgIpc) is 3.07. The summed E-state index contributed by atoms with van der Waals surface area (Å²) in [6.45, 7) is 6.61. The molecule has 0 radical (unpaired) electrons. The average molecular weight is 408 g/mol. The van der Waals surface area contributed by atoms with E-state index in [2.05, 4.69) is 17.2 Å². The molecule has 1 aliphatic carbocycles. The number of amides is 2. The molecule has 0 saturated carbocycles. The minimum atomic E-state index is -0.262. The summed E-state index contributed by atoms with van der Waals surface area (Å²) in [5.74, 6) is -0.105. The van der Waals surface area contributed by atoms with Crippen molar-refractivity contribution in [3.63, 3.8) is 0 Å². The summed E-state index contributed by atoms with van der Waals surface area (Å²) >= 11 is 0. The minimum absolute atomic E-state index is 0.0505. The number of hydrogen-bond acceptors (Lipinski definition) is 3. The van der Waals surface area contributed by atoms with Crippen molar-refractivity contribution in [2.24, 2.45) is 0 Å². The van der Waals surface area contributed by atoms with Crippen molar-refractivity contribution in [2.75, 3.05) is 11.9 Å². The van der Waals surface area contributed by atoms with Gasteiger partial charge in [0, 0.05) is 41.5 Å². The van der Waals surface area contributed by atoms with Crippen LogP contribution in [0.5, 0.6) is 0 Å². The van der Waals surface area contributed by atoms with Crippen molar-refractivity contribution in [3.05, 3.63) is 51.8 Å². The molecule has 2 heterocycles. The third-order valence-corrected chi connectivity index (χ3v) is 6.45. The van der Waals surface area contributed by atoms with Gasteiger partial charge in [-0.25, -0.2) is 0 Å². The number of H-pyrrole nitrogens is 1. The van der Waals surface area contributed by atoms with Gasteiger partial charge >= 0.3 is 0 Å². The summed E-state index contributed by atoms with van der Waals surface area (Å²) in [5.41, 5.74) is 4.86. The van der Waals surface area contributed by atoms with Crippen LogP contribution >= 0.6 is 0 Å². The largest absolute Gasteiger partial charge is 0.354 e. The van der Waals surface area contributed by atoms with Crippen molar-refractivity contribution in [2.45, 2.75) is 65.3 Å². The summed E-state index contributed by atoms with van der Waals surface area (Å²) in [4.78, 5) is 43.1. The number of Topliss-reactive ketones (excluding diaryl/α,β-unsaturated/α-hetero) is 1. The molecule has 1 aromatic heterocycles. The standard InChI is InChI=1S/C24H29N3O3/c1-14-13-17(24(30)27-12-5-4-7-15(27)2)10-11-18(14)26-23(29)22-16(3)21-19(25-22)8-6-9-20(21)28/h10-11,13,15,25H,4-9,12H2,1-3H3,(H,26,29). The minimum Gasteiger partial charge on any atom is -0.354 e. The summed E-state index contributed by atoms with van der Waals surface area (Å²) in [7, 11) is 0. The highest BCUT2D eigenvalue weighted by Gasteiger charge is 2.27. The van der Waals surface area contributed by atoms with E-state index in [-0.39, 0.29) is 23.6 Å². The number of nitrogens with zero attached hydrogens (tertiary/aromatic N) is 1. The molecule has 158 valence electrons. The Morgan fingerprint density at radius 1 is 1.13 bits per heavy atom. The van der Waals surface area contributed by atoms with E-state index in [9.17, 15) is 14.4 Å². The monoisotopic (exact) mass is 407 g/mol. The molecular formula is C24H29N3O3. The fourth-order valence-electron chi connectivity index (χ4n) is 4.69. The van der Waals surface area contributed by atoms with Gasteiger partial charge < -0.3 is 15.2 Å². The van der Waals surface area contributed by atoms with Crippen LogP contribution in [0.2, 0.25) is 0 Å². The van der Waals surface area contributed by atoms with E-state index < -0.39 is 0 Å². The summed E-state index contributed by atoms with van der Waals surface area (Å²) in [6, 6.07) is 5.67. The van der Waals surface area contributed by atoms with E-state index in [1.807, 2.05) is 24.8 Å². The molecule has 1 atom stereocenters. The quantitative estimate of drug-likeness (QED) is 0.790. The van der Waals surface area contributed by atoms with E-state index in [4.69, 9.17) is 0 Å². The van der Waals surface area contributed by atoms with E-state index in [0.717, 1.165) is 49.0 Å². The molecule has 1 unspecified atom stereocenters. The van der Waals surface area contributed by atoms with Gasteiger partial charge in [-0.15, -0.1) is 0 Å². The summed E-state index contributed by atoms with van der Waals surface area (Å²) in [5, 5.41) is 2.94. The van der Waals surface area contributed by atoms with Gasteiger partial charge in [0.1, 0.15) is 5.69 Å². The lowest BCUT2D eigenvalue weighted by Gasteiger charge is -2.33. The number of aromatic nitrogens is 1. The first kappa shape index (κ1) is 20.4. The maximum atomic E-state index is 12.9. The predicted octanol–water partition coefficient (Wildman–Crippen LogP) is 4.42. The topological polar surface area (TPSA) is 82.3 Å². The Morgan fingerprint density at radius 2 is 1.93 bits per heavy atom. The highest BCUT2D eigenvalue weighted by Crippen LogP contribution is 2.28. The van der Waals surface area contributed by atoms with Gasteiger partial charge in [-0.1, -0.05) is 0 Å². The first-order valence-corrected chi connectivity index (χ1v) is 10.8. The highest BCUT2D eigenvalue weighted by atomic mass is 16.2. The van der Waals surface area contributed by atoms with E-state index in [1.54, 1.807) is 12.1 Å². The maximum Gasteiger partial charge on any atom is 0.272 e. The van der Waals surface area contributed by atoms with Crippen LogP contribution < -0.4 is 5.32 Å². The second-order valence-corrected chi connectivity index (χ2v) is 8.58. The third kappa shape index (κ3) is 3.66. The zero-order valence-electron chi connectivity index (χ0n) is 17.9. The number of hydrogen-bond donors (Lipinski definition) is 2. The molecule has 1 fully saturated rings. The number of ketones is 1. The van der Waals surface area contributed by atoms with E-state index in [0.29, 0.717) is 28.9 Å². The van der Waals surface area contributed by atoms with Crippen LogP contribution in [-0.2, 0) is 6.42 Å². The number of nitrogens with one attached hydrogen (secondary N) is 2. The number of piperidine rings is 1. The zero-order valence-corrected chi connectivity index (χ0v) is 17.9. The van der Waals surface area contributed by atoms with Crippen LogP contribution in [-0.4, -0.2) is 40.1 Å². The summed E-state index contributed by atoms with van der Waals surface area (Å²) < 4.78 is 0. The highest BCUT2D eigenvalue weighted by molar-refractivity contribution is 6.09. The lowest BCUT2D eigenvalue weighted by Crippen LogP contribution is -2.42. The fraction of sp³-hybridized carbons (Fsp3) is 0.458. The zero-order chi connectivity index (χ0) is 21.4. The lowest BCUT2D eigenvalue weighted by molar-refractivity contribution is 0.0635. The van der Waals surface area contributed by atoms with Gasteiger partial charge in [-0.3, -0.25) is 14.4 Å². The van der Waals surface area contributed by atoms with Gasteiger partial charge in [0.25, 0.3) is 11.8 Å². The fourth-order valence-corrected chi connectivity index (χ4v) is 4.69. The molecule has 1 aliphatic heterocycles. The Balaban J connectivity index is 1.52. The van der Waals surface area contributed by atoms with Crippen LogP contribution in [0.4, 0.5) is 5.69 Å². The molecule has 2 amide bonds. The van der Waals surface area contributed by atoms with Crippen molar-refractivity contribution >= 4 is 23.3 Å². The number of fused-ring (bicyclic) bond motifs is 1. The first-order chi connectivity index (χ1) is 14.4. The van der Waals surface area contributed by atoms with Crippen LogP contribution in [0, 0.1) is 13.8 Å². The SMILES string of the molecule is Cc1cc(C(=O)N2CCCCC2C)ccc1NC(=O)c1[nH]c2c(c1C)C(=O)CCC2. The van der Waals surface area contributed by atoms with Crippen LogP contribution in [0.3, 0.4) is 0 Å². The third-order valence-electron chi connectivity index (χ3n) is 6.45. The molecule has 6 heteroatoms. The Morgan fingerprint density at radius 3 is 2.63 bits per heavy atom. The Hall–Kier alpha value is -2.89. The van der Waals surface area contributed by atoms with Crippen molar-refractivity contribution in [1.82, 2.24) is 9.88 Å². The number of carbonyl (C=O) groups is 3. The summed E-state index contributed by atoms with van der Waals surface area (Å²) in [6.07, 6.45) is 5.40. The molecule has 2 aromatic rings. The number of benzene rings is 1. The number of carbonyl (C=O) groups excluding carboxylic acids is 3. The number of aryl methyl sites for hydroxylation is 2. The van der Waals surface area contributed by atoms with Gasteiger partial charge in [-0.2, -0.15) is 0 Å². The van der Waals surface area contributed by atoms with Gasteiger partial charge in [0.15, 0.2) is 5.78 Å². The maximum absolute atomic E-state index is 12.9. The molecular weight excluding hydrogens is 378 g/mol. The Labute approximate surface area is 177 Å². The second kappa shape index (κ2) is 8.09. The second-order valence-electron chi connectivity index (χ2n) is 8.58. The smallest absolute Gasteiger partial charge is 0.272 e. The molecule has 0 spiro atoms. The Bertz CT molecular complexity index is 1020. The van der Waals surface area contributed by atoms with Crippen LogP contribution in [0.15, 0.2) is 18.2 Å². The van der Waals surface area contributed by atoms with Gasteiger partial charge in [0.2, 0.25) is 0 Å². The molecule has 30 heavy (non-hydrogen) atoms. The molecule has 2 N–H and O–H groups in total. The molecule has 1 aromatic carbocycles. The number of anilines is 1. The van der Waals surface area contributed by atoms with Crippen molar-refractivity contribution < 1.29 is 14.4 Å². The number of rotatable bonds is 3. The van der Waals surface area contributed by atoms with E-state index >= 15 is 0 Å². The predicted molar refractivity (Wildman–Crippen MR) is 116 cm³/mol. The Kier molecular flexibility index (Phi) is 5.50. The molecule has 2 aliphatic rings. The molecule has 6 nitrogen and oxygen atoms in total. The molecule has 0 bridgehead atoms. The van der Waals surface area contributed by atoms with Gasteiger partial charge in [0.05, 0.1) is 0 Å². The normalized spacial score (nSPS) is 18.8. The lowest BCUT2D eigenvalue weighted by atomic mass is 9.94. The van der Waals surface area contributed by atoms with Gasteiger partial charge in [-0.05, 0) is 82.2 Å². The molecule has 4 rings (SSSR count).